The normalized spacial score (nSPS) is 12.0. The average molecular weight is 358 g/mol. The molecule has 3 nitrogen and oxygen atoms in total. The summed E-state index contributed by atoms with van der Waals surface area (Å²) in [6.07, 6.45) is 1.83. The van der Waals surface area contributed by atoms with E-state index in [0.29, 0.717) is 16.9 Å². The van der Waals surface area contributed by atoms with Crippen LogP contribution in [0.2, 0.25) is 0 Å². The molecule has 1 amide bonds. The van der Waals surface area contributed by atoms with Gasteiger partial charge in [-0.05, 0) is 30.0 Å². The summed E-state index contributed by atoms with van der Waals surface area (Å²) in [5.74, 6) is -0.211. The summed E-state index contributed by atoms with van der Waals surface area (Å²) < 4.78 is 3.19. The number of benzene rings is 3. The van der Waals surface area contributed by atoms with Crippen LogP contribution in [0.4, 0.5) is 0 Å². The van der Waals surface area contributed by atoms with E-state index in [0.717, 1.165) is 15.8 Å². The molecule has 0 fully saturated rings. The fraction of sp³-hybridized carbons (Fsp3) is 0.0909. The summed E-state index contributed by atoms with van der Waals surface area (Å²) in [7, 11) is 0. The highest BCUT2D eigenvalue weighted by Crippen LogP contribution is 2.27. The minimum absolute atomic E-state index is 0.211. The minimum Gasteiger partial charge on any atom is -0.312 e. The van der Waals surface area contributed by atoms with Gasteiger partial charge in [-0.3, -0.25) is 4.79 Å². The van der Waals surface area contributed by atoms with Gasteiger partial charge in [0.2, 0.25) is 0 Å². The Hall–Kier alpha value is -2.98. The molecular weight excluding hydrogens is 340 g/mol. The first-order valence-electron chi connectivity index (χ1n) is 8.45. The first-order valence-corrected chi connectivity index (χ1v) is 9.27. The molecule has 4 rings (SSSR count). The van der Waals surface area contributed by atoms with E-state index < -0.39 is 0 Å². The Morgan fingerprint density at radius 3 is 2.69 bits per heavy atom. The summed E-state index contributed by atoms with van der Waals surface area (Å²) in [6, 6.07) is 20.0. The van der Waals surface area contributed by atoms with Crippen molar-refractivity contribution in [1.29, 1.82) is 0 Å². The predicted octanol–water partition coefficient (Wildman–Crippen LogP) is 5.09. The molecule has 0 atom stereocenters. The van der Waals surface area contributed by atoms with Crippen molar-refractivity contribution in [2.45, 2.75) is 13.5 Å². The van der Waals surface area contributed by atoms with Crippen LogP contribution in [0.3, 0.4) is 0 Å². The zero-order valence-corrected chi connectivity index (χ0v) is 15.3. The van der Waals surface area contributed by atoms with E-state index >= 15 is 0 Å². The highest BCUT2D eigenvalue weighted by Gasteiger charge is 2.12. The fourth-order valence-corrected chi connectivity index (χ4v) is 4.32. The number of rotatable bonds is 3. The maximum atomic E-state index is 12.7. The minimum atomic E-state index is -0.211. The molecule has 0 aliphatic carbocycles. The third-order valence-electron chi connectivity index (χ3n) is 4.46. The number of aryl methyl sites for hydroxylation is 1. The Labute approximate surface area is 155 Å². The maximum absolute atomic E-state index is 12.7. The van der Waals surface area contributed by atoms with Gasteiger partial charge in [0.05, 0.1) is 10.2 Å². The highest BCUT2D eigenvalue weighted by atomic mass is 32.1. The second-order valence-electron chi connectivity index (χ2n) is 6.15. The SMILES string of the molecule is C=CCn1c(=NC(=O)c2ccccc2C)sc2c3ccccc3ccc21. The van der Waals surface area contributed by atoms with E-state index in [9.17, 15) is 4.79 Å². The number of amides is 1. The van der Waals surface area contributed by atoms with E-state index in [1.165, 1.54) is 10.8 Å². The summed E-state index contributed by atoms with van der Waals surface area (Å²) in [5, 5.41) is 2.36. The molecule has 1 aromatic heterocycles. The summed E-state index contributed by atoms with van der Waals surface area (Å²) in [4.78, 5) is 17.9. The van der Waals surface area contributed by atoms with Gasteiger partial charge in [-0.1, -0.05) is 65.9 Å². The quantitative estimate of drug-likeness (QED) is 0.470. The van der Waals surface area contributed by atoms with Gasteiger partial charge in [0.25, 0.3) is 5.91 Å². The van der Waals surface area contributed by atoms with Gasteiger partial charge in [0, 0.05) is 17.5 Å². The highest BCUT2D eigenvalue weighted by molar-refractivity contribution is 7.17. The number of fused-ring (bicyclic) bond motifs is 3. The van der Waals surface area contributed by atoms with Crippen LogP contribution in [0.5, 0.6) is 0 Å². The Bertz CT molecular complexity index is 1210. The molecule has 26 heavy (non-hydrogen) atoms. The molecule has 4 heteroatoms. The maximum Gasteiger partial charge on any atom is 0.279 e. The van der Waals surface area contributed by atoms with Gasteiger partial charge in [-0.25, -0.2) is 0 Å². The smallest absolute Gasteiger partial charge is 0.279 e. The number of aromatic nitrogens is 1. The Kier molecular flexibility index (Phi) is 4.27. The van der Waals surface area contributed by atoms with E-state index in [-0.39, 0.29) is 5.91 Å². The Morgan fingerprint density at radius 2 is 1.88 bits per heavy atom. The number of hydrogen-bond acceptors (Lipinski definition) is 2. The fourth-order valence-electron chi connectivity index (χ4n) is 3.15. The van der Waals surface area contributed by atoms with Crippen molar-refractivity contribution in [1.82, 2.24) is 4.57 Å². The molecular formula is C22H18N2OS. The lowest BCUT2D eigenvalue weighted by Gasteiger charge is -2.03. The summed E-state index contributed by atoms with van der Waals surface area (Å²) in [6.45, 7) is 6.39. The number of carbonyl (C=O) groups excluding carboxylic acids is 1. The first-order chi connectivity index (χ1) is 12.7. The van der Waals surface area contributed by atoms with Crippen LogP contribution in [-0.2, 0) is 6.54 Å². The van der Waals surface area contributed by atoms with Gasteiger partial charge < -0.3 is 4.57 Å². The Balaban J connectivity index is 1.98. The number of carbonyl (C=O) groups is 1. The van der Waals surface area contributed by atoms with E-state index in [2.05, 4.69) is 40.4 Å². The second-order valence-corrected chi connectivity index (χ2v) is 7.13. The van der Waals surface area contributed by atoms with Crippen LogP contribution in [0.15, 0.2) is 78.3 Å². The predicted molar refractivity (Wildman–Crippen MR) is 109 cm³/mol. The van der Waals surface area contributed by atoms with Crippen molar-refractivity contribution >= 4 is 38.2 Å². The van der Waals surface area contributed by atoms with Crippen molar-refractivity contribution in [3.05, 3.63) is 89.2 Å². The summed E-state index contributed by atoms with van der Waals surface area (Å²) in [5.41, 5.74) is 2.65. The molecule has 0 aliphatic heterocycles. The van der Waals surface area contributed by atoms with Crippen LogP contribution in [0.25, 0.3) is 21.0 Å². The molecule has 3 aromatic carbocycles. The van der Waals surface area contributed by atoms with Crippen LogP contribution < -0.4 is 4.80 Å². The standard InChI is InChI=1S/C22H18N2OS/c1-3-14-24-19-13-12-16-9-5-7-11-18(16)20(19)26-22(24)23-21(25)17-10-6-4-8-15(17)2/h3-13H,1,14H2,2H3. The number of hydrogen-bond donors (Lipinski definition) is 0. The Morgan fingerprint density at radius 1 is 1.12 bits per heavy atom. The van der Waals surface area contributed by atoms with Gasteiger partial charge in [0.1, 0.15) is 0 Å². The van der Waals surface area contributed by atoms with E-state index in [4.69, 9.17) is 0 Å². The van der Waals surface area contributed by atoms with Crippen molar-refractivity contribution < 1.29 is 4.79 Å². The van der Waals surface area contributed by atoms with Crippen molar-refractivity contribution in [2.75, 3.05) is 0 Å². The van der Waals surface area contributed by atoms with E-state index in [1.807, 2.05) is 49.4 Å². The zero-order valence-electron chi connectivity index (χ0n) is 14.5. The van der Waals surface area contributed by atoms with Crippen LogP contribution >= 0.6 is 11.3 Å². The molecule has 0 unspecified atom stereocenters. The second kappa shape index (κ2) is 6.73. The topological polar surface area (TPSA) is 34.4 Å². The number of nitrogens with zero attached hydrogens (tertiary/aromatic N) is 2. The molecule has 0 radical (unpaired) electrons. The molecule has 0 saturated heterocycles. The lowest BCUT2D eigenvalue weighted by molar-refractivity contribution is 0.0997. The lowest BCUT2D eigenvalue weighted by atomic mass is 10.1. The monoisotopic (exact) mass is 358 g/mol. The molecule has 0 spiro atoms. The van der Waals surface area contributed by atoms with Crippen molar-refractivity contribution in [3.63, 3.8) is 0 Å². The largest absolute Gasteiger partial charge is 0.312 e. The molecule has 0 aliphatic rings. The number of thiazole rings is 1. The van der Waals surface area contributed by atoms with Crippen LogP contribution in [-0.4, -0.2) is 10.5 Å². The van der Waals surface area contributed by atoms with Crippen LogP contribution in [0.1, 0.15) is 15.9 Å². The third kappa shape index (κ3) is 2.78. The number of allylic oxidation sites excluding steroid dienone is 1. The summed E-state index contributed by atoms with van der Waals surface area (Å²) >= 11 is 1.55. The zero-order chi connectivity index (χ0) is 18.1. The van der Waals surface area contributed by atoms with Gasteiger partial charge in [0.15, 0.2) is 4.80 Å². The first kappa shape index (κ1) is 16.5. The molecule has 0 bridgehead atoms. The lowest BCUT2D eigenvalue weighted by Crippen LogP contribution is -2.16. The van der Waals surface area contributed by atoms with Gasteiger partial charge in [-0.2, -0.15) is 4.99 Å². The molecule has 1 heterocycles. The van der Waals surface area contributed by atoms with Crippen molar-refractivity contribution in [2.24, 2.45) is 4.99 Å². The third-order valence-corrected chi connectivity index (χ3v) is 5.59. The van der Waals surface area contributed by atoms with E-state index in [1.54, 1.807) is 11.3 Å². The molecule has 4 aromatic rings. The van der Waals surface area contributed by atoms with Gasteiger partial charge in [-0.15, -0.1) is 6.58 Å². The average Bonchev–Trinajstić information content (AvgIpc) is 3.00. The molecule has 128 valence electrons. The molecule has 0 N–H and O–H groups in total. The van der Waals surface area contributed by atoms with Crippen molar-refractivity contribution in [3.8, 4) is 0 Å². The van der Waals surface area contributed by atoms with Crippen LogP contribution in [0, 0.1) is 6.92 Å². The molecule has 0 saturated carbocycles. The van der Waals surface area contributed by atoms with Gasteiger partial charge >= 0.3 is 0 Å².